The zero-order chi connectivity index (χ0) is 8.55. The second kappa shape index (κ2) is 3.10. The molecule has 0 heterocycles. The summed E-state index contributed by atoms with van der Waals surface area (Å²) < 4.78 is 0. The molecule has 0 aliphatic heterocycles. The Morgan fingerprint density at radius 3 is 2.75 bits per heavy atom. The van der Waals surface area contributed by atoms with E-state index >= 15 is 0 Å². The molecule has 0 aromatic heterocycles. The fraction of sp³-hybridized carbons (Fsp3) is 0.455. The lowest BCUT2D eigenvalue weighted by molar-refractivity contribution is 0.766. The Morgan fingerprint density at radius 1 is 1.42 bits per heavy atom. The predicted molar refractivity (Wildman–Crippen MR) is 52.6 cm³/mol. The molecule has 1 aliphatic carbocycles. The minimum absolute atomic E-state index is 0.753. The molecule has 1 aromatic rings. The van der Waals surface area contributed by atoms with Gasteiger partial charge in [0.1, 0.15) is 0 Å². The minimum Gasteiger partial charge on any atom is -0.0840 e. The van der Waals surface area contributed by atoms with Crippen LogP contribution in [0.5, 0.6) is 0 Å². The summed E-state index contributed by atoms with van der Waals surface area (Å²) >= 11 is 6.08. The summed E-state index contributed by atoms with van der Waals surface area (Å²) in [7, 11) is 0. The molecule has 0 saturated heterocycles. The van der Waals surface area contributed by atoms with Gasteiger partial charge in [0.05, 0.1) is 0 Å². The second-order valence-corrected chi connectivity index (χ2v) is 3.94. The van der Waals surface area contributed by atoms with E-state index in [1.807, 2.05) is 12.1 Å². The van der Waals surface area contributed by atoms with Crippen molar-refractivity contribution < 1.29 is 0 Å². The van der Waals surface area contributed by atoms with Crippen LogP contribution in [0.1, 0.15) is 31.2 Å². The van der Waals surface area contributed by atoms with Gasteiger partial charge in [0.25, 0.3) is 0 Å². The first kappa shape index (κ1) is 8.12. The lowest BCUT2D eigenvalue weighted by Gasteiger charge is -2.01. The molecule has 1 aliphatic rings. The van der Waals surface area contributed by atoms with E-state index in [-0.39, 0.29) is 0 Å². The molecule has 1 aromatic carbocycles. The molecule has 1 fully saturated rings. The van der Waals surface area contributed by atoms with Crippen molar-refractivity contribution in [1.29, 1.82) is 0 Å². The molecule has 0 N–H and O–H groups in total. The van der Waals surface area contributed by atoms with Gasteiger partial charge in [-0.1, -0.05) is 43.1 Å². The van der Waals surface area contributed by atoms with Gasteiger partial charge in [-0.2, -0.15) is 0 Å². The van der Waals surface area contributed by atoms with Crippen molar-refractivity contribution in [2.75, 3.05) is 0 Å². The normalized spacial score (nSPS) is 27.2. The highest BCUT2D eigenvalue weighted by Gasteiger charge is 2.37. The number of hydrogen-bond acceptors (Lipinski definition) is 0. The molecule has 0 nitrogen and oxygen atoms in total. The second-order valence-electron chi connectivity index (χ2n) is 3.53. The van der Waals surface area contributed by atoms with Crippen LogP contribution in [0.3, 0.4) is 0 Å². The molecule has 12 heavy (non-hydrogen) atoms. The number of benzene rings is 1. The van der Waals surface area contributed by atoms with Gasteiger partial charge in [-0.05, 0) is 29.9 Å². The molecule has 0 unspecified atom stereocenters. The van der Waals surface area contributed by atoms with Crippen LogP contribution in [-0.4, -0.2) is 0 Å². The first-order valence-corrected chi connectivity index (χ1v) is 4.95. The number of halogens is 1. The summed E-state index contributed by atoms with van der Waals surface area (Å²) in [5.74, 6) is 1.65. The Labute approximate surface area is 78.6 Å². The molecule has 0 amide bonds. The quantitative estimate of drug-likeness (QED) is 0.649. The van der Waals surface area contributed by atoms with Gasteiger partial charge in [-0.15, -0.1) is 0 Å². The molecule has 2 rings (SSSR count). The maximum absolute atomic E-state index is 6.08. The average molecular weight is 181 g/mol. The Hall–Kier alpha value is -0.490. The summed E-state index contributed by atoms with van der Waals surface area (Å²) in [6.45, 7) is 2.25. The molecule has 64 valence electrons. The van der Waals surface area contributed by atoms with Crippen molar-refractivity contribution in [2.24, 2.45) is 5.92 Å². The van der Waals surface area contributed by atoms with E-state index < -0.39 is 0 Å². The van der Waals surface area contributed by atoms with E-state index in [0.717, 1.165) is 16.9 Å². The summed E-state index contributed by atoms with van der Waals surface area (Å²) in [6, 6.07) is 8.21. The summed E-state index contributed by atoms with van der Waals surface area (Å²) in [5, 5.41) is 0.943. The molecule has 2 atom stereocenters. The summed E-state index contributed by atoms with van der Waals surface area (Å²) in [5.41, 5.74) is 1.35. The van der Waals surface area contributed by atoms with Gasteiger partial charge in [0.2, 0.25) is 0 Å². The highest BCUT2D eigenvalue weighted by molar-refractivity contribution is 6.31. The third kappa shape index (κ3) is 1.36. The molecular weight excluding hydrogens is 168 g/mol. The molecular formula is C11H13Cl. The minimum atomic E-state index is 0.753. The first-order chi connectivity index (χ1) is 5.83. The monoisotopic (exact) mass is 180 g/mol. The summed E-state index contributed by atoms with van der Waals surface area (Å²) in [4.78, 5) is 0. The van der Waals surface area contributed by atoms with Crippen LogP contribution in [-0.2, 0) is 0 Å². The van der Waals surface area contributed by atoms with Gasteiger partial charge in [-0.3, -0.25) is 0 Å². The van der Waals surface area contributed by atoms with Crippen molar-refractivity contribution in [3.8, 4) is 0 Å². The SMILES string of the molecule is CC[C@H]1C[C@H]1c1ccccc1Cl. The largest absolute Gasteiger partial charge is 0.0840 e. The highest BCUT2D eigenvalue weighted by Crippen LogP contribution is 2.51. The van der Waals surface area contributed by atoms with E-state index in [0.29, 0.717) is 0 Å². The third-order valence-corrected chi connectivity index (χ3v) is 3.10. The first-order valence-electron chi connectivity index (χ1n) is 4.57. The van der Waals surface area contributed by atoms with Crippen molar-refractivity contribution in [1.82, 2.24) is 0 Å². The van der Waals surface area contributed by atoms with Gasteiger partial charge in [0, 0.05) is 5.02 Å². The smallest absolute Gasteiger partial charge is 0.0440 e. The molecule has 0 spiro atoms. The van der Waals surface area contributed by atoms with Gasteiger partial charge in [-0.25, -0.2) is 0 Å². The maximum atomic E-state index is 6.08. The zero-order valence-electron chi connectivity index (χ0n) is 7.26. The van der Waals surface area contributed by atoms with Crippen LogP contribution in [0.2, 0.25) is 5.02 Å². The molecule has 1 saturated carbocycles. The third-order valence-electron chi connectivity index (χ3n) is 2.75. The fourth-order valence-electron chi connectivity index (χ4n) is 1.86. The maximum Gasteiger partial charge on any atom is 0.0440 e. The fourth-order valence-corrected chi connectivity index (χ4v) is 2.13. The van der Waals surface area contributed by atoms with Crippen molar-refractivity contribution >= 4 is 11.6 Å². The Balaban J connectivity index is 2.19. The summed E-state index contributed by atoms with van der Waals surface area (Å²) in [6.07, 6.45) is 2.62. The molecule has 0 radical (unpaired) electrons. The predicted octanol–water partition coefficient (Wildman–Crippen LogP) is 3.85. The molecule has 1 heteroatoms. The topological polar surface area (TPSA) is 0 Å². The van der Waals surface area contributed by atoms with E-state index in [4.69, 9.17) is 11.6 Å². The standard InChI is InChI=1S/C11H13Cl/c1-2-8-7-10(8)9-5-3-4-6-11(9)12/h3-6,8,10H,2,7H2,1H3/t8-,10+/m0/s1. The van der Waals surface area contributed by atoms with Crippen LogP contribution < -0.4 is 0 Å². The Bertz CT molecular complexity index is 280. The van der Waals surface area contributed by atoms with E-state index in [2.05, 4.69) is 19.1 Å². The van der Waals surface area contributed by atoms with Gasteiger partial charge >= 0.3 is 0 Å². The van der Waals surface area contributed by atoms with Crippen molar-refractivity contribution in [2.45, 2.75) is 25.7 Å². The lowest BCUT2D eigenvalue weighted by atomic mass is 10.1. The van der Waals surface area contributed by atoms with Gasteiger partial charge in [0.15, 0.2) is 0 Å². The number of rotatable bonds is 2. The van der Waals surface area contributed by atoms with Crippen molar-refractivity contribution in [3.63, 3.8) is 0 Å². The number of hydrogen-bond donors (Lipinski definition) is 0. The van der Waals surface area contributed by atoms with Crippen LogP contribution in [0.4, 0.5) is 0 Å². The van der Waals surface area contributed by atoms with Gasteiger partial charge < -0.3 is 0 Å². The van der Waals surface area contributed by atoms with Crippen LogP contribution in [0.25, 0.3) is 0 Å². The van der Waals surface area contributed by atoms with E-state index in [1.54, 1.807) is 0 Å². The zero-order valence-corrected chi connectivity index (χ0v) is 8.01. The molecule has 0 bridgehead atoms. The van der Waals surface area contributed by atoms with Crippen LogP contribution in [0.15, 0.2) is 24.3 Å². The van der Waals surface area contributed by atoms with Crippen molar-refractivity contribution in [3.05, 3.63) is 34.9 Å². The van der Waals surface area contributed by atoms with Crippen LogP contribution >= 0.6 is 11.6 Å². The van der Waals surface area contributed by atoms with E-state index in [1.165, 1.54) is 18.4 Å². The van der Waals surface area contributed by atoms with Crippen LogP contribution in [0, 0.1) is 5.92 Å². The Morgan fingerprint density at radius 2 is 2.17 bits per heavy atom. The highest BCUT2D eigenvalue weighted by atomic mass is 35.5. The van der Waals surface area contributed by atoms with E-state index in [9.17, 15) is 0 Å². The lowest BCUT2D eigenvalue weighted by Crippen LogP contribution is -1.83. The Kier molecular flexibility index (Phi) is 2.10. The average Bonchev–Trinajstić information content (AvgIpc) is 2.84.